The van der Waals surface area contributed by atoms with E-state index in [2.05, 4.69) is 5.32 Å². The minimum Gasteiger partial charge on any atom is -0.396 e. The van der Waals surface area contributed by atoms with Crippen LogP contribution >= 0.6 is 0 Å². The summed E-state index contributed by atoms with van der Waals surface area (Å²) in [5, 5.41) is 11.0. The third-order valence-corrected chi connectivity index (χ3v) is 2.61. The SMILES string of the molecule is CS(=O)(=O)CCCNC(=O)CCCO. The van der Waals surface area contributed by atoms with Gasteiger partial charge >= 0.3 is 0 Å². The Kier molecular flexibility index (Phi) is 6.48. The molecule has 2 N–H and O–H groups in total. The molecule has 0 radical (unpaired) electrons. The second-order valence-electron chi connectivity index (χ2n) is 3.16. The topological polar surface area (TPSA) is 83.5 Å². The van der Waals surface area contributed by atoms with Gasteiger partial charge in [-0.3, -0.25) is 4.79 Å². The van der Waals surface area contributed by atoms with E-state index in [0.29, 0.717) is 19.4 Å². The van der Waals surface area contributed by atoms with E-state index >= 15 is 0 Å². The lowest BCUT2D eigenvalue weighted by molar-refractivity contribution is -0.121. The van der Waals surface area contributed by atoms with Gasteiger partial charge in [-0.25, -0.2) is 8.42 Å². The number of amides is 1. The van der Waals surface area contributed by atoms with Gasteiger partial charge < -0.3 is 10.4 Å². The number of hydrogen-bond donors (Lipinski definition) is 2. The van der Waals surface area contributed by atoms with Crippen LogP contribution in [0.2, 0.25) is 0 Å². The number of carbonyl (C=O) groups excluding carboxylic acids is 1. The van der Waals surface area contributed by atoms with E-state index in [0.717, 1.165) is 0 Å². The average Bonchev–Trinajstić information content (AvgIpc) is 2.07. The van der Waals surface area contributed by atoms with Crippen molar-refractivity contribution in [3.63, 3.8) is 0 Å². The second kappa shape index (κ2) is 6.78. The molecule has 0 aromatic rings. The maximum atomic E-state index is 11.0. The summed E-state index contributed by atoms with van der Waals surface area (Å²) in [5.74, 6) is -0.0552. The molecule has 0 fully saturated rings. The number of hydrogen-bond acceptors (Lipinski definition) is 4. The summed E-state index contributed by atoms with van der Waals surface area (Å²) in [6.45, 7) is 0.369. The van der Waals surface area contributed by atoms with Crippen LogP contribution in [0.3, 0.4) is 0 Å². The Labute approximate surface area is 84.4 Å². The van der Waals surface area contributed by atoms with Crippen molar-refractivity contribution in [2.24, 2.45) is 0 Å². The normalized spacial score (nSPS) is 11.3. The van der Waals surface area contributed by atoms with E-state index in [-0.39, 0.29) is 24.7 Å². The van der Waals surface area contributed by atoms with Gasteiger partial charge in [-0.1, -0.05) is 0 Å². The molecular formula is C8H17NO4S. The van der Waals surface area contributed by atoms with Crippen LogP contribution in [0.15, 0.2) is 0 Å². The maximum Gasteiger partial charge on any atom is 0.220 e. The molecule has 1 amide bonds. The lowest BCUT2D eigenvalue weighted by Crippen LogP contribution is -2.25. The maximum absolute atomic E-state index is 11.0. The standard InChI is InChI=1S/C8H17NO4S/c1-14(12,13)7-3-5-9-8(11)4-2-6-10/h10H,2-7H2,1H3,(H,9,11). The first-order valence-electron chi connectivity index (χ1n) is 4.51. The summed E-state index contributed by atoms with van der Waals surface area (Å²) in [4.78, 5) is 11.0. The zero-order valence-electron chi connectivity index (χ0n) is 8.32. The molecule has 0 unspecified atom stereocenters. The number of rotatable bonds is 7. The van der Waals surface area contributed by atoms with Gasteiger partial charge in [0, 0.05) is 25.8 Å². The fourth-order valence-electron chi connectivity index (χ4n) is 0.890. The Hall–Kier alpha value is -0.620. The van der Waals surface area contributed by atoms with Gasteiger partial charge in [0.25, 0.3) is 0 Å². The summed E-state index contributed by atoms with van der Waals surface area (Å²) >= 11 is 0. The molecule has 14 heavy (non-hydrogen) atoms. The van der Waals surface area contributed by atoms with E-state index in [9.17, 15) is 13.2 Å². The van der Waals surface area contributed by atoms with Gasteiger partial charge in [-0.2, -0.15) is 0 Å². The minimum absolute atomic E-state index is 0.00322. The fraction of sp³-hybridized carbons (Fsp3) is 0.875. The molecule has 0 heterocycles. The Morgan fingerprint density at radius 2 is 2.00 bits per heavy atom. The molecule has 0 aliphatic carbocycles. The summed E-state index contributed by atoms with van der Waals surface area (Å²) in [7, 11) is -2.93. The highest BCUT2D eigenvalue weighted by Crippen LogP contribution is 1.89. The summed E-state index contributed by atoms with van der Waals surface area (Å²) in [5.41, 5.74) is 0. The third kappa shape index (κ3) is 9.47. The smallest absolute Gasteiger partial charge is 0.220 e. The Bertz CT molecular complexity index is 261. The summed E-state index contributed by atoms with van der Waals surface area (Å²) < 4.78 is 21.4. The summed E-state index contributed by atoms with van der Waals surface area (Å²) in [6.07, 6.45) is 2.33. The van der Waals surface area contributed by atoms with Crippen molar-refractivity contribution in [3.05, 3.63) is 0 Å². The van der Waals surface area contributed by atoms with Gasteiger partial charge in [-0.05, 0) is 12.8 Å². The highest BCUT2D eigenvalue weighted by molar-refractivity contribution is 7.90. The van der Waals surface area contributed by atoms with E-state index in [4.69, 9.17) is 5.11 Å². The molecule has 5 nitrogen and oxygen atoms in total. The quantitative estimate of drug-likeness (QED) is 0.560. The zero-order valence-corrected chi connectivity index (χ0v) is 9.14. The van der Waals surface area contributed by atoms with Crippen molar-refractivity contribution < 1.29 is 18.3 Å². The molecule has 0 atom stereocenters. The second-order valence-corrected chi connectivity index (χ2v) is 5.42. The number of aliphatic hydroxyl groups excluding tert-OH is 1. The van der Waals surface area contributed by atoms with Gasteiger partial charge in [0.1, 0.15) is 9.84 Å². The van der Waals surface area contributed by atoms with Gasteiger partial charge in [0.05, 0.1) is 5.75 Å². The van der Waals surface area contributed by atoms with Crippen LogP contribution in [0.25, 0.3) is 0 Å². The van der Waals surface area contributed by atoms with Crippen molar-refractivity contribution in [1.29, 1.82) is 0 Å². The van der Waals surface area contributed by atoms with E-state index < -0.39 is 9.84 Å². The molecule has 0 rings (SSSR count). The Morgan fingerprint density at radius 3 is 2.50 bits per heavy atom. The monoisotopic (exact) mass is 223 g/mol. The van der Waals surface area contributed by atoms with Crippen molar-refractivity contribution in [1.82, 2.24) is 5.32 Å². The van der Waals surface area contributed by atoms with Crippen LogP contribution in [0, 0.1) is 0 Å². The number of sulfone groups is 1. The van der Waals surface area contributed by atoms with Crippen molar-refractivity contribution in [2.45, 2.75) is 19.3 Å². The number of nitrogens with one attached hydrogen (secondary N) is 1. The molecule has 0 bridgehead atoms. The first kappa shape index (κ1) is 13.4. The Balaban J connectivity index is 3.41. The van der Waals surface area contributed by atoms with Crippen molar-refractivity contribution >= 4 is 15.7 Å². The van der Waals surface area contributed by atoms with Gasteiger partial charge in [-0.15, -0.1) is 0 Å². The first-order chi connectivity index (χ1) is 6.45. The van der Waals surface area contributed by atoms with Gasteiger partial charge in [0.15, 0.2) is 0 Å². The lowest BCUT2D eigenvalue weighted by atomic mass is 10.3. The van der Waals surface area contributed by atoms with Crippen molar-refractivity contribution in [2.75, 3.05) is 25.2 Å². The minimum atomic E-state index is -2.93. The van der Waals surface area contributed by atoms with Crippen LogP contribution in [0.4, 0.5) is 0 Å². The molecule has 0 aliphatic heterocycles. The van der Waals surface area contributed by atoms with Crippen molar-refractivity contribution in [3.8, 4) is 0 Å². The average molecular weight is 223 g/mol. The van der Waals surface area contributed by atoms with Crippen LogP contribution in [-0.4, -0.2) is 44.6 Å². The predicted molar refractivity (Wildman–Crippen MR) is 53.7 cm³/mol. The lowest BCUT2D eigenvalue weighted by Gasteiger charge is -2.03. The Morgan fingerprint density at radius 1 is 1.36 bits per heavy atom. The molecule has 0 aliphatic rings. The molecular weight excluding hydrogens is 206 g/mol. The highest BCUT2D eigenvalue weighted by Gasteiger charge is 2.03. The first-order valence-corrected chi connectivity index (χ1v) is 6.57. The molecule has 84 valence electrons. The highest BCUT2D eigenvalue weighted by atomic mass is 32.2. The molecule has 0 spiro atoms. The molecule has 0 aromatic carbocycles. The molecule has 0 saturated heterocycles. The fourth-order valence-corrected chi connectivity index (χ4v) is 1.56. The van der Waals surface area contributed by atoms with Crippen LogP contribution in [-0.2, 0) is 14.6 Å². The molecule has 0 aromatic heterocycles. The van der Waals surface area contributed by atoms with Crippen LogP contribution < -0.4 is 5.32 Å². The van der Waals surface area contributed by atoms with E-state index in [1.807, 2.05) is 0 Å². The zero-order chi connectivity index (χ0) is 11.0. The van der Waals surface area contributed by atoms with Gasteiger partial charge in [0.2, 0.25) is 5.91 Å². The molecule has 6 heteroatoms. The van der Waals surface area contributed by atoms with E-state index in [1.54, 1.807) is 0 Å². The third-order valence-electron chi connectivity index (χ3n) is 1.58. The predicted octanol–water partition coefficient (Wildman–Crippen LogP) is -0.690. The van der Waals surface area contributed by atoms with Crippen LogP contribution in [0.5, 0.6) is 0 Å². The largest absolute Gasteiger partial charge is 0.396 e. The molecule has 0 saturated carbocycles. The van der Waals surface area contributed by atoms with Crippen LogP contribution in [0.1, 0.15) is 19.3 Å². The number of carbonyl (C=O) groups is 1. The number of aliphatic hydroxyl groups is 1. The van der Waals surface area contributed by atoms with E-state index in [1.165, 1.54) is 6.26 Å². The summed E-state index contributed by atoms with van der Waals surface area (Å²) in [6, 6.07) is 0.